The topological polar surface area (TPSA) is 73.2 Å². The molecule has 1 fully saturated rings. The number of piperidine rings is 1. The van der Waals surface area contributed by atoms with Gasteiger partial charge < -0.3 is 10.2 Å². The number of hydrogen-bond donors (Lipinski definition) is 1. The lowest BCUT2D eigenvalue weighted by Crippen LogP contribution is -2.46. The van der Waals surface area contributed by atoms with E-state index >= 15 is 0 Å². The van der Waals surface area contributed by atoms with E-state index in [1.165, 1.54) is 0 Å². The molecule has 6 heteroatoms. The molecule has 3 aromatic rings. The van der Waals surface area contributed by atoms with Gasteiger partial charge in [0.1, 0.15) is 0 Å². The number of anilines is 2. The fraction of sp³-hybridized carbons (Fsp3) is 0.208. The lowest BCUT2D eigenvalue weighted by atomic mass is 9.86. The molecule has 1 aliphatic heterocycles. The van der Waals surface area contributed by atoms with E-state index in [-0.39, 0.29) is 23.8 Å². The van der Waals surface area contributed by atoms with E-state index in [1.54, 1.807) is 40.5 Å². The van der Waals surface area contributed by atoms with Crippen molar-refractivity contribution in [1.29, 1.82) is 5.26 Å². The van der Waals surface area contributed by atoms with Crippen LogP contribution < -0.4 is 10.2 Å². The Bertz CT molecular complexity index is 1080. The Morgan fingerprint density at radius 1 is 1.13 bits per heavy atom. The Labute approximate surface area is 179 Å². The van der Waals surface area contributed by atoms with Gasteiger partial charge in [0, 0.05) is 22.7 Å². The first-order chi connectivity index (χ1) is 14.6. The summed E-state index contributed by atoms with van der Waals surface area (Å²) in [5, 5.41) is 13.9. The third kappa shape index (κ3) is 3.98. The first-order valence-corrected chi connectivity index (χ1v) is 10.7. The molecule has 5 nitrogen and oxygen atoms in total. The maximum Gasteiger partial charge on any atom is 0.229 e. The molecule has 1 saturated heterocycles. The average molecular weight is 416 g/mol. The number of amides is 2. The summed E-state index contributed by atoms with van der Waals surface area (Å²) in [6, 6.07) is 20.3. The predicted molar refractivity (Wildman–Crippen MR) is 118 cm³/mol. The van der Waals surface area contributed by atoms with Crippen LogP contribution in [0.2, 0.25) is 0 Å². The highest BCUT2D eigenvalue weighted by Crippen LogP contribution is 2.42. The van der Waals surface area contributed by atoms with Crippen LogP contribution in [0.3, 0.4) is 0 Å². The minimum Gasteiger partial charge on any atom is -0.326 e. The van der Waals surface area contributed by atoms with Crippen LogP contribution in [0.5, 0.6) is 0 Å². The zero-order valence-electron chi connectivity index (χ0n) is 16.5. The smallest absolute Gasteiger partial charge is 0.229 e. The fourth-order valence-corrected chi connectivity index (χ4v) is 4.71. The molecule has 0 aliphatic carbocycles. The molecule has 0 spiro atoms. The Balaban J connectivity index is 1.67. The molecule has 2 heterocycles. The number of benzene rings is 2. The molecule has 0 radical (unpaired) electrons. The van der Waals surface area contributed by atoms with Gasteiger partial charge in [0.25, 0.3) is 0 Å². The summed E-state index contributed by atoms with van der Waals surface area (Å²) in [6.45, 7) is 2.01. The van der Waals surface area contributed by atoms with Crippen molar-refractivity contribution in [1.82, 2.24) is 0 Å². The summed E-state index contributed by atoms with van der Waals surface area (Å²) < 4.78 is 0. The maximum absolute atomic E-state index is 13.3. The number of rotatable bonds is 4. The number of nitriles is 1. The van der Waals surface area contributed by atoms with Crippen molar-refractivity contribution in [2.75, 3.05) is 10.2 Å². The standard InChI is InChI=1S/C24H21N3O2S/c1-16-4-10-19(11-5-16)27-22(28)13-12-20(23(27)21-3-2-14-30-21)24(29)26-18-8-6-17(15-25)7-9-18/h2-11,14,20,23H,12-13H2,1H3,(H,26,29). The summed E-state index contributed by atoms with van der Waals surface area (Å²) >= 11 is 1.56. The lowest BCUT2D eigenvalue weighted by Gasteiger charge is -2.40. The highest BCUT2D eigenvalue weighted by atomic mass is 32.1. The van der Waals surface area contributed by atoms with Gasteiger partial charge in [0.2, 0.25) is 11.8 Å². The highest BCUT2D eigenvalue weighted by molar-refractivity contribution is 7.10. The van der Waals surface area contributed by atoms with Gasteiger partial charge in [-0.15, -0.1) is 11.3 Å². The first kappa shape index (κ1) is 19.9. The molecule has 1 N–H and O–H groups in total. The molecular weight excluding hydrogens is 394 g/mol. The van der Waals surface area contributed by atoms with E-state index in [0.29, 0.717) is 24.1 Å². The Kier molecular flexibility index (Phi) is 5.64. The number of carbonyl (C=O) groups excluding carboxylic acids is 2. The van der Waals surface area contributed by atoms with Crippen LogP contribution in [0, 0.1) is 24.2 Å². The van der Waals surface area contributed by atoms with Crippen LogP contribution in [0.25, 0.3) is 0 Å². The molecule has 2 aromatic carbocycles. The molecule has 1 aromatic heterocycles. The Morgan fingerprint density at radius 3 is 2.50 bits per heavy atom. The van der Waals surface area contributed by atoms with Crippen molar-refractivity contribution >= 4 is 34.5 Å². The van der Waals surface area contributed by atoms with Crippen LogP contribution in [0.4, 0.5) is 11.4 Å². The van der Waals surface area contributed by atoms with Crippen LogP contribution >= 0.6 is 11.3 Å². The molecule has 1 aliphatic rings. The van der Waals surface area contributed by atoms with E-state index in [4.69, 9.17) is 5.26 Å². The SMILES string of the molecule is Cc1ccc(N2C(=O)CCC(C(=O)Nc3ccc(C#N)cc3)C2c2cccs2)cc1. The van der Waals surface area contributed by atoms with E-state index in [0.717, 1.165) is 16.1 Å². The minimum absolute atomic E-state index is 0.0275. The molecule has 0 bridgehead atoms. The second-order valence-electron chi connectivity index (χ2n) is 7.38. The minimum atomic E-state index is -0.377. The van der Waals surface area contributed by atoms with Gasteiger partial charge in [-0.1, -0.05) is 23.8 Å². The van der Waals surface area contributed by atoms with Crippen LogP contribution in [0.15, 0.2) is 66.0 Å². The van der Waals surface area contributed by atoms with Gasteiger partial charge >= 0.3 is 0 Å². The quantitative estimate of drug-likeness (QED) is 0.648. The number of nitrogens with zero attached hydrogens (tertiary/aromatic N) is 2. The highest BCUT2D eigenvalue weighted by Gasteiger charge is 2.42. The van der Waals surface area contributed by atoms with Crippen LogP contribution in [0.1, 0.15) is 34.9 Å². The predicted octanol–water partition coefficient (Wildman–Crippen LogP) is 5.05. The normalized spacial score (nSPS) is 18.7. The molecule has 4 rings (SSSR count). The first-order valence-electron chi connectivity index (χ1n) is 9.80. The molecule has 2 amide bonds. The van der Waals surface area contributed by atoms with E-state index in [2.05, 4.69) is 11.4 Å². The number of thiophene rings is 1. The van der Waals surface area contributed by atoms with Crippen molar-refractivity contribution < 1.29 is 9.59 Å². The Morgan fingerprint density at radius 2 is 1.87 bits per heavy atom. The van der Waals surface area contributed by atoms with Gasteiger partial charge in [-0.05, 0) is 61.2 Å². The summed E-state index contributed by atoms with van der Waals surface area (Å²) in [4.78, 5) is 29.0. The van der Waals surface area contributed by atoms with Crippen molar-refractivity contribution in [3.8, 4) is 6.07 Å². The number of hydrogen-bond acceptors (Lipinski definition) is 4. The summed E-state index contributed by atoms with van der Waals surface area (Å²) in [6.07, 6.45) is 0.813. The molecule has 150 valence electrons. The summed E-state index contributed by atoms with van der Waals surface area (Å²) in [7, 11) is 0. The third-order valence-electron chi connectivity index (χ3n) is 5.36. The summed E-state index contributed by atoms with van der Waals surface area (Å²) in [5.74, 6) is -0.472. The van der Waals surface area contributed by atoms with E-state index in [1.807, 2.05) is 48.7 Å². The van der Waals surface area contributed by atoms with E-state index in [9.17, 15) is 9.59 Å². The molecule has 0 saturated carbocycles. The van der Waals surface area contributed by atoms with Gasteiger partial charge in [0.15, 0.2) is 0 Å². The van der Waals surface area contributed by atoms with Gasteiger partial charge in [-0.25, -0.2) is 0 Å². The van der Waals surface area contributed by atoms with Crippen molar-refractivity contribution in [2.24, 2.45) is 5.92 Å². The lowest BCUT2D eigenvalue weighted by molar-refractivity contribution is -0.125. The van der Waals surface area contributed by atoms with Gasteiger partial charge in [0.05, 0.1) is 23.6 Å². The number of aryl methyl sites for hydroxylation is 1. The zero-order chi connectivity index (χ0) is 21.1. The average Bonchev–Trinajstić information content (AvgIpc) is 3.29. The molecule has 2 atom stereocenters. The largest absolute Gasteiger partial charge is 0.326 e. The second-order valence-corrected chi connectivity index (χ2v) is 8.36. The maximum atomic E-state index is 13.3. The van der Waals surface area contributed by atoms with Crippen molar-refractivity contribution in [2.45, 2.75) is 25.8 Å². The van der Waals surface area contributed by atoms with Crippen LogP contribution in [-0.2, 0) is 9.59 Å². The number of carbonyl (C=O) groups is 2. The van der Waals surface area contributed by atoms with Gasteiger partial charge in [-0.2, -0.15) is 5.26 Å². The van der Waals surface area contributed by atoms with Crippen molar-refractivity contribution in [3.05, 3.63) is 82.0 Å². The van der Waals surface area contributed by atoms with E-state index < -0.39 is 0 Å². The zero-order valence-corrected chi connectivity index (χ0v) is 17.4. The van der Waals surface area contributed by atoms with Crippen LogP contribution in [-0.4, -0.2) is 11.8 Å². The second kappa shape index (κ2) is 8.52. The fourth-order valence-electron chi connectivity index (χ4n) is 3.82. The van der Waals surface area contributed by atoms with Gasteiger partial charge in [-0.3, -0.25) is 9.59 Å². The third-order valence-corrected chi connectivity index (χ3v) is 6.31. The molecular formula is C24H21N3O2S. The molecule has 30 heavy (non-hydrogen) atoms. The van der Waals surface area contributed by atoms with Crippen molar-refractivity contribution in [3.63, 3.8) is 0 Å². The Hall–Kier alpha value is -3.43. The summed E-state index contributed by atoms with van der Waals surface area (Å²) in [5.41, 5.74) is 3.10. The molecule has 2 unspecified atom stereocenters. The number of nitrogens with one attached hydrogen (secondary N) is 1. The monoisotopic (exact) mass is 415 g/mol.